The first-order valence-electron chi connectivity index (χ1n) is 30.4. The number of nitrogens with zero attached hydrogens (tertiary/aromatic N) is 6. The largest absolute Gasteiger partial charge is 0.344 e. The van der Waals surface area contributed by atoms with Crippen LogP contribution in [0.25, 0.3) is 131 Å². The number of aromatic nitrogens is 6. The fraction of sp³-hybridized carbons (Fsp3) is 0.111. The van der Waals surface area contributed by atoms with E-state index in [2.05, 4.69) is 324 Å². The zero-order chi connectivity index (χ0) is 58.6. The molecule has 12 aromatic carbocycles. The Morgan fingerprint density at radius 2 is 0.333 bits per heavy atom. The molecule has 0 atom stereocenters. The summed E-state index contributed by atoms with van der Waals surface area (Å²) in [5.41, 5.74) is 23.6. The number of aryl methyl sites for hydroxylation is 6. The van der Waals surface area contributed by atoms with Crippen LogP contribution in [0.15, 0.2) is 255 Å². The molecule has 0 fully saturated rings. The van der Waals surface area contributed by atoms with Crippen molar-refractivity contribution in [2.24, 2.45) is 42.3 Å². The Balaban J connectivity index is 0.000000106. The Labute approximate surface area is 505 Å². The molecule has 0 saturated carbocycles. The lowest BCUT2D eigenvalue weighted by Crippen LogP contribution is -1.91. The SMILES string of the molecule is Cn1c2ccccc2c2cc(Cc3ccc4c(c3)c3ccccc3n4C)ccc21.Cn1c2ccccc2c2cc(Cc3ccc4c5ccccc5n(C)c4c3)ccc21.Cn1c2ccccc2c2cc(Cc3ccc4c5ccccc5n(C)c4c3)ccc21. The molecule has 0 aliphatic carbocycles. The van der Waals surface area contributed by atoms with Gasteiger partial charge in [-0.3, -0.25) is 0 Å². The summed E-state index contributed by atoms with van der Waals surface area (Å²) in [5.74, 6) is 0. The highest BCUT2D eigenvalue weighted by atomic mass is 15.0. The summed E-state index contributed by atoms with van der Waals surface area (Å²) < 4.78 is 13.8. The summed E-state index contributed by atoms with van der Waals surface area (Å²) in [4.78, 5) is 0. The van der Waals surface area contributed by atoms with E-state index in [0.717, 1.165) is 19.3 Å². The van der Waals surface area contributed by atoms with E-state index in [1.807, 2.05) is 0 Å². The minimum absolute atomic E-state index is 0.941. The first-order valence-corrected chi connectivity index (χ1v) is 30.4. The molecule has 0 unspecified atom stereocenters. The van der Waals surface area contributed by atoms with Crippen molar-refractivity contribution in [1.29, 1.82) is 0 Å². The second kappa shape index (κ2) is 20.6. The van der Waals surface area contributed by atoms with Crippen LogP contribution in [0.4, 0.5) is 0 Å². The van der Waals surface area contributed by atoms with Crippen molar-refractivity contribution in [1.82, 2.24) is 27.4 Å². The predicted molar refractivity (Wildman–Crippen MR) is 371 cm³/mol. The van der Waals surface area contributed by atoms with Crippen molar-refractivity contribution in [3.05, 3.63) is 288 Å². The van der Waals surface area contributed by atoms with Crippen molar-refractivity contribution < 1.29 is 0 Å². The van der Waals surface area contributed by atoms with Crippen molar-refractivity contribution in [3.8, 4) is 0 Å². The highest BCUT2D eigenvalue weighted by Crippen LogP contribution is 2.36. The van der Waals surface area contributed by atoms with Gasteiger partial charge in [-0.25, -0.2) is 0 Å². The summed E-state index contributed by atoms with van der Waals surface area (Å²) in [6.07, 6.45) is 2.82. The van der Waals surface area contributed by atoms with Crippen LogP contribution in [-0.4, -0.2) is 27.4 Å². The van der Waals surface area contributed by atoms with Gasteiger partial charge < -0.3 is 27.4 Å². The van der Waals surface area contributed by atoms with Gasteiger partial charge in [-0.15, -0.1) is 0 Å². The monoisotopic (exact) mass is 1120 g/mol. The molecule has 6 heteroatoms. The van der Waals surface area contributed by atoms with Crippen LogP contribution in [0.1, 0.15) is 33.4 Å². The predicted octanol–water partition coefficient (Wildman–Crippen LogP) is 19.7. The van der Waals surface area contributed by atoms with E-state index in [4.69, 9.17) is 0 Å². The van der Waals surface area contributed by atoms with E-state index in [1.54, 1.807) is 0 Å². The van der Waals surface area contributed by atoms with Crippen LogP contribution in [0.5, 0.6) is 0 Å². The molecule has 0 N–H and O–H groups in total. The normalized spacial score (nSPS) is 11.9. The van der Waals surface area contributed by atoms with Gasteiger partial charge in [0, 0.05) is 173 Å². The molecule has 6 aromatic heterocycles. The van der Waals surface area contributed by atoms with Crippen LogP contribution in [-0.2, 0) is 61.5 Å². The Morgan fingerprint density at radius 3 is 0.586 bits per heavy atom. The molecule has 0 aliphatic heterocycles. The molecule has 6 heterocycles. The molecule has 420 valence electrons. The van der Waals surface area contributed by atoms with E-state index >= 15 is 0 Å². The zero-order valence-electron chi connectivity index (χ0n) is 50.1. The van der Waals surface area contributed by atoms with Gasteiger partial charge >= 0.3 is 0 Å². The standard InChI is InChI=1S/3C27H22N2/c2*1-28-25-10-6-4-8-21(25)23-16-18(12-14-26(23)28)15-19-11-13-22-20-7-3-5-9-24(20)29(2)27(22)17-19;1-28-24-9-5-3-7-20(24)22-16-18(11-13-26(22)28)15-19-12-14-27-23(17-19)21-8-4-6-10-25(21)29(27)2/h3*3-14,16-17H,15H2,1-2H3. The molecule has 0 saturated heterocycles. The topological polar surface area (TPSA) is 29.6 Å². The molecule has 0 amide bonds. The van der Waals surface area contributed by atoms with Crippen molar-refractivity contribution in [3.63, 3.8) is 0 Å². The first-order chi connectivity index (χ1) is 42.6. The van der Waals surface area contributed by atoms with Gasteiger partial charge in [0.2, 0.25) is 0 Å². The average molecular weight is 1120 g/mol. The van der Waals surface area contributed by atoms with Crippen LogP contribution < -0.4 is 0 Å². The van der Waals surface area contributed by atoms with Gasteiger partial charge in [-0.2, -0.15) is 0 Å². The number of hydrogen-bond acceptors (Lipinski definition) is 0. The lowest BCUT2D eigenvalue weighted by atomic mass is 10.0. The summed E-state index contributed by atoms with van der Waals surface area (Å²) in [7, 11) is 12.9. The Morgan fingerprint density at radius 1 is 0.161 bits per heavy atom. The van der Waals surface area contributed by atoms with E-state index in [1.165, 1.54) is 164 Å². The fourth-order valence-corrected chi connectivity index (χ4v) is 14.6. The zero-order valence-corrected chi connectivity index (χ0v) is 50.1. The van der Waals surface area contributed by atoms with Gasteiger partial charge in [0.1, 0.15) is 0 Å². The number of para-hydroxylation sites is 6. The van der Waals surface area contributed by atoms with Gasteiger partial charge in [0.05, 0.1) is 0 Å². The van der Waals surface area contributed by atoms with Crippen molar-refractivity contribution in [2.75, 3.05) is 0 Å². The maximum Gasteiger partial charge on any atom is 0.0491 e. The maximum atomic E-state index is 2.37. The molecular weight excluding hydrogens is 1060 g/mol. The number of fused-ring (bicyclic) bond motifs is 18. The number of hydrogen-bond donors (Lipinski definition) is 0. The average Bonchev–Trinajstić information content (AvgIpc) is 2.40. The van der Waals surface area contributed by atoms with Gasteiger partial charge in [0.25, 0.3) is 0 Å². The molecular formula is C81H66N6. The van der Waals surface area contributed by atoms with E-state index in [-0.39, 0.29) is 0 Å². The first kappa shape index (κ1) is 52.0. The minimum Gasteiger partial charge on any atom is -0.344 e. The van der Waals surface area contributed by atoms with Gasteiger partial charge in [-0.1, -0.05) is 158 Å². The molecule has 0 spiro atoms. The van der Waals surface area contributed by atoms with Crippen LogP contribution in [0.2, 0.25) is 0 Å². The van der Waals surface area contributed by atoms with Crippen LogP contribution >= 0.6 is 0 Å². The third kappa shape index (κ3) is 8.61. The minimum atomic E-state index is 0.941. The highest BCUT2D eigenvalue weighted by Gasteiger charge is 2.16. The lowest BCUT2D eigenvalue weighted by molar-refractivity contribution is 1.01. The molecule has 6 nitrogen and oxygen atoms in total. The molecule has 0 aliphatic rings. The Hall–Kier alpha value is -10.6. The third-order valence-corrected chi connectivity index (χ3v) is 19.1. The maximum absolute atomic E-state index is 2.37. The summed E-state index contributed by atoms with van der Waals surface area (Å²) in [5, 5.41) is 16.0. The second-order valence-corrected chi connectivity index (χ2v) is 24.1. The quantitative estimate of drug-likeness (QED) is 0.159. The van der Waals surface area contributed by atoms with E-state index in [9.17, 15) is 0 Å². The summed E-state index contributed by atoms with van der Waals surface area (Å²) >= 11 is 0. The highest BCUT2D eigenvalue weighted by molar-refractivity contribution is 6.12. The lowest BCUT2D eigenvalue weighted by Gasteiger charge is -2.05. The van der Waals surface area contributed by atoms with Crippen LogP contribution in [0.3, 0.4) is 0 Å². The van der Waals surface area contributed by atoms with Gasteiger partial charge in [0.15, 0.2) is 0 Å². The third-order valence-electron chi connectivity index (χ3n) is 19.1. The number of benzene rings is 12. The van der Waals surface area contributed by atoms with E-state index < -0.39 is 0 Å². The number of rotatable bonds is 6. The molecule has 18 rings (SSSR count). The van der Waals surface area contributed by atoms with Crippen LogP contribution in [0, 0.1) is 0 Å². The molecule has 0 bridgehead atoms. The molecule has 18 aromatic rings. The molecule has 87 heavy (non-hydrogen) atoms. The fourth-order valence-electron chi connectivity index (χ4n) is 14.6. The van der Waals surface area contributed by atoms with E-state index in [0.29, 0.717) is 0 Å². The Bertz CT molecular complexity index is 5400. The summed E-state index contributed by atoms with van der Waals surface area (Å²) in [6, 6.07) is 93.4. The second-order valence-electron chi connectivity index (χ2n) is 24.1. The van der Waals surface area contributed by atoms with Crippen molar-refractivity contribution >= 4 is 131 Å². The smallest absolute Gasteiger partial charge is 0.0491 e. The summed E-state index contributed by atoms with van der Waals surface area (Å²) in [6.45, 7) is 0. The molecule has 0 radical (unpaired) electrons. The van der Waals surface area contributed by atoms with Crippen molar-refractivity contribution in [2.45, 2.75) is 19.3 Å². The van der Waals surface area contributed by atoms with Gasteiger partial charge in [-0.05, 0) is 150 Å². The Kier molecular flexibility index (Phi) is 12.3.